The molecule has 0 spiro atoms. The first-order valence-electron chi connectivity index (χ1n) is 9.05. The Hall–Kier alpha value is -2.51. The minimum absolute atomic E-state index is 0.0740. The van der Waals surface area contributed by atoms with Crippen molar-refractivity contribution in [1.29, 1.82) is 0 Å². The summed E-state index contributed by atoms with van der Waals surface area (Å²) < 4.78 is 1.74. The van der Waals surface area contributed by atoms with Crippen LogP contribution in [-0.2, 0) is 12.0 Å². The number of hydrogen-bond donors (Lipinski definition) is 2. The predicted octanol–water partition coefficient (Wildman–Crippen LogP) is 1.90. The van der Waals surface area contributed by atoms with Crippen molar-refractivity contribution in [2.24, 2.45) is 0 Å². The van der Waals surface area contributed by atoms with Crippen LogP contribution in [0.15, 0.2) is 36.9 Å². The molecule has 2 aromatic heterocycles. The molecule has 0 aliphatic heterocycles. The van der Waals surface area contributed by atoms with Crippen LogP contribution in [-0.4, -0.2) is 56.0 Å². The van der Waals surface area contributed by atoms with Gasteiger partial charge in [-0.15, -0.1) is 0 Å². The Morgan fingerprint density at radius 2 is 1.85 bits per heavy atom. The van der Waals surface area contributed by atoms with Crippen LogP contribution in [0.5, 0.6) is 0 Å². The molecular formula is C20H27N5O2. The van der Waals surface area contributed by atoms with Crippen molar-refractivity contribution in [3.8, 4) is 0 Å². The first kappa shape index (κ1) is 19.3. The van der Waals surface area contributed by atoms with E-state index >= 15 is 0 Å². The van der Waals surface area contributed by atoms with Gasteiger partial charge in [0.2, 0.25) is 0 Å². The molecular weight excluding hydrogens is 342 g/mol. The van der Waals surface area contributed by atoms with E-state index in [1.165, 1.54) is 17.5 Å². The van der Waals surface area contributed by atoms with Gasteiger partial charge < -0.3 is 19.7 Å². The Morgan fingerprint density at radius 3 is 2.52 bits per heavy atom. The minimum atomic E-state index is -0.848. The lowest BCUT2D eigenvalue weighted by Gasteiger charge is -2.31. The number of rotatable bonds is 7. The molecule has 0 saturated heterocycles. The van der Waals surface area contributed by atoms with Crippen molar-refractivity contribution >= 4 is 17.0 Å². The van der Waals surface area contributed by atoms with Gasteiger partial charge in [-0.05, 0) is 12.5 Å². The normalized spacial score (nSPS) is 13.1. The van der Waals surface area contributed by atoms with Crippen LogP contribution < -0.4 is 4.90 Å². The second-order valence-electron chi connectivity index (χ2n) is 7.71. The number of benzene rings is 1. The summed E-state index contributed by atoms with van der Waals surface area (Å²) in [4.78, 5) is 15.3. The molecule has 0 radical (unpaired) electrons. The van der Waals surface area contributed by atoms with Gasteiger partial charge in [0.25, 0.3) is 0 Å². The molecule has 1 aromatic carbocycles. The highest BCUT2D eigenvalue weighted by Crippen LogP contribution is 2.28. The molecule has 0 bridgehead atoms. The molecule has 0 aliphatic rings. The summed E-state index contributed by atoms with van der Waals surface area (Å²) in [5.74, 6) is 0.748. The van der Waals surface area contributed by atoms with E-state index in [1.807, 2.05) is 7.05 Å². The van der Waals surface area contributed by atoms with E-state index in [0.717, 1.165) is 12.4 Å². The van der Waals surface area contributed by atoms with Crippen molar-refractivity contribution in [2.75, 3.05) is 25.1 Å². The van der Waals surface area contributed by atoms with Gasteiger partial charge in [-0.3, -0.25) is 0 Å². The zero-order chi connectivity index (χ0) is 19.6. The van der Waals surface area contributed by atoms with Crippen LogP contribution in [0, 0.1) is 6.92 Å². The van der Waals surface area contributed by atoms with Crippen molar-refractivity contribution < 1.29 is 10.2 Å². The number of imidazole rings is 1. The smallest absolute Gasteiger partial charge is 0.165 e. The van der Waals surface area contributed by atoms with E-state index in [-0.39, 0.29) is 18.6 Å². The number of aliphatic hydroxyl groups excluding tert-OH is 2. The Bertz CT molecular complexity index is 904. The molecule has 7 heteroatoms. The van der Waals surface area contributed by atoms with E-state index in [4.69, 9.17) is 5.11 Å². The summed E-state index contributed by atoms with van der Waals surface area (Å²) >= 11 is 0. The third-order valence-corrected chi connectivity index (χ3v) is 4.83. The molecule has 0 fully saturated rings. The standard InChI is InChI=1S/C20H27N5O2/c1-14-5-7-15(8-6-14)20(2,3)11-24(4)18-17-19(22-12-21-18)25(13-23-17)9-16(27)10-26/h5-8,12-13,16,26-27H,9-11H2,1-4H3. The maximum atomic E-state index is 9.71. The second kappa shape index (κ2) is 7.62. The van der Waals surface area contributed by atoms with Gasteiger partial charge in [-0.1, -0.05) is 43.7 Å². The van der Waals surface area contributed by atoms with Gasteiger partial charge in [0.15, 0.2) is 17.0 Å². The topological polar surface area (TPSA) is 87.3 Å². The number of aryl methyl sites for hydroxylation is 1. The largest absolute Gasteiger partial charge is 0.394 e. The number of anilines is 1. The van der Waals surface area contributed by atoms with Gasteiger partial charge >= 0.3 is 0 Å². The minimum Gasteiger partial charge on any atom is -0.394 e. The zero-order valence-corrected chi connectivity index (χ0v) is 16.3. The molecule has 2 heterocycles. The molecule has 144 valence electrons. The Morgan fingerprint density at radius 1 is 1.15 bits per heavy atom. The zero-order valence-electron chi connectivity index (χ0n) is 16.3. The van der Waals surface area contributed by atoms with E-state index in [0.29, 0.717) is 11.2 Å². The number of fused-ring (bicyclic) bond motifs is 1. The number of likely N-dealkylation sites (N-methyl/N-ethyl adjacent to an activating group) is 1. The number of nitrogens with zero attached hydrogens (tertiary/aromatic N) is 5. The lowest BCUT2D eigenvalue weighted by Crippen LogP contribution is -2.35. The second-order valence-corrected chi connectivity index (χ2v) is 7.71. The Labute approximate surface area is 159 Å². The first-order chi connectivity index (χ1) is 12.8. The summed E-state index contributed by atoms with van der Waals surface area (Å²) in [7, 11) is 2.00. The summed E-state index contributed by atoms with van der Waals surface area (Å²) in [6, 6.07) is 8.61. The Balaban J connectivity index is 1.87. The van der Waals surface area contributed by atoms with Gasteiger partial charge in [0.1, 0.15) is 6.33 Å². The monoisotopic (exact) mass is 369 g/mol. The molecule has 3 rings (SSSR count). The SMILES string of the molecule is Cc1ccc(C(C)(C)CN(C)c2ncnc3c2ncn3CC(O)CO)cc1. The van der Waals surface area contributed by atoms with Crippen molar-refractivity contribution in [3.05, 3.63) is 48.0 Å². The third-order valence-electron chi connectivity index (χ3n) is 4.83. The van der Waals surface area contributed by atoms with E-state index in [2.05, 4.69) is 64.9 Å². The van der Waals surface area contributed by atoms with Crippen molar-refractivity contribution in [3.63, 3.8) is 0 Å². The highest BCUT2D eigenvalue weighted by molar-refractivity contribution is 5.83. The van der Waals surface area contributed by atoms with Gasteiger partial charge in [-0.2, -0.15) is 0 Å². The fraction of sp³-hybridized carbons (Fsp3) is 0.450. The average Bonchev–Trinajstić information content (AvgIpc) is 3.04. The van der Waals surface area contributed by atoms with Gasteiger partial charge in [0.05, 0.1) is 25.6 Å². The molecule has 1 atom stereocenters. The predicted molar refractivity (Wildman–Crippen MR) is 106 cm³/mol. The molecule has 1 unspecified atom stereocenters. The maximum absolute atomic E-state index is 9.71. The molecule has 0 amide bonds. The summed E-state index contributed by atoms with van der Waals surface area (Å²) in [6.07, 6.45) is 2.29. The molecule has 2 N–H and O–H groups in total. The average molecular weight is 369 g/mol. The van der Waals surface area contributed by atoms with Gasteiger partial charge in [0, 0.05) is 19.0 Å². The highest BCUT2D eigenvalue weighted by atomic mass is 16.3. The van der Waals surface area contributed by atoms with Crippen LogP contribution in [0.2, 0.25) is 0 Å². The molecule has 0 aliphatic carbocycles. The molecule has 0 saturated carbocycles. The maximum Gasteiger partial charge on any atom is 0.165 e. The molecule has 7 nitrogen and oxygen atoms in total. The lowest BCUT2D eigenvalue weighted by atomic mass is 9.84. The highest BCUT2D eigenvalue weighted by Gasteiger charge is 2.25. The lowest BCUT2D eigenvalue weighted by molar-refractivity contribution is 0.0820. The summed E-state index contributed by atoms with van der Waals surface area (Å²) in [5.41, 5.74) is 3.77. The number of hydrogen-bond acceptors (Lipinski definition) is 6. The van der Waals surface area contributed by atoms with Crippen molar-refractivity contribution in [2.45, 2.75) is 38.8 Å². The fourth-order valence-corrected chi connectivity index (χ4v) is 3.33. The summed E-state index contributed by atoms with van der Waals surface area (Å²) in [6.45, 7) is 7.20. The van der Waals surface area contributed by atoms with Crippen molar-refractivity contribution in [1.82, 2.24) is 19.5 Å². The van der Waals surface area contributed by atoms with Crippen LogP contribution >= 0.6 is 0 Å². The fourth-order valence-electron chi connectivity index (χ4n) is 3.33. The molecule has 3 aromatic rings. The van der Waals surface area contributed by atoms with E-state index < -0.39 is 6.10 Å². The van der Waals surface area contributed by atoms with E-state index in [9.17, 15) is 5.11 Å². The quantitative estimate of drug-likeness (QED) is 0.661. The van der Waals surface area contributed by atoms with Crippen LogP contribution in [0.1, 0.15) is 25.0 Å². The number of aromatic nitrogens is 4. The van der Waals surface area contributed by atoms with Crippen LogP contribution in [0.25, 0.3) is 11.2 Å². The molecule has 27 heavy (non-hydrogen) atoms. The summed E-state index contributed by atoms with van der Waals surface area (Å²) in [5, 5.41) is 18.8. The van der Waals surface area contributed by atoms with E-state index in [1.54, 1.807) is 10.9 Å². The first-order valence-corrected chi connectivity index (χ1v) is 9.05. The third kappa shape index (κ3) is 4.09. The van der Waals surface area contributed by atoms with Crippen LogP contribution in [0.3, 0.4) is 0 Å². The Kier molecular flexibility index (Phi) is 5.43. The number of aliphatic hydroxyl groups is 2. The van der Waals surface area contributed by atoms with Gasteiger partial charge in [-0.25, -0.2) is 15.0 Å². The van der Waals surface area contributed by atoms with Crippen LogP contribution in [0.4, 0.5) is 5.82 Å².